The molecular weight excluding hydrogens is 248 g/mol. The van der Waals surface area contributed by atoms with E-state index in [0.29, 0.717) is 4.99 Å². The molecule has 2 nitrogen and oxygen atoms in total. The molecule has 1 aliphatic heterocycles. The third kappa shape index (κ3) is 3.98. The van der Waals surface area contributed by atoms with Gasteiger partial charge in [0.05, 0.1) is 0 Å². The lowest BCUT2D eigenvalue weighted by Gasteiger charge is -2.19. The number of hydrogen-bond acceptors (Lipinski definition) is 3. The highest BCUT2D eigenvalue weighted by Gasteiger charge is 2.09. The SMILES string of the molecule is NC(=S)c1cccc(CN2CCCSCC2)c1. The second-order valence-corrected chi connectivity index (χ2v) is 5.97. The van der Waals surface area contributed by atoms with Gasteiger partial charge in [-0.05, 0) is 30.3 Å². The number of benzene rings is 1. The quantitative estimate of drug-likeness (QED) is 0.850. The molecule has 0 bridgehead atoms. The average Bonchev–Trinajstić information content (AvgIpc) is 2.58. The van der Waals surface area contributed by atoms with Gasteiger partial charge in [-0.15, -0.1) is 0 Å². The predicted molar refractivity (Wildman–Crippen MR) is 79.5 cm³/mol. The zero-order chi connectivity index (χ0) is 12.1. The van der Waals surface area contributed by atoms with E-state index in [-0.39, 0.29) is 0 Å². The Morgan fingerprint density at radius 3 is 3.06 bits per heavy atom. The summed E-state index contributed by atoms with van der Waals surface area (Å²) in [6, 6.07) is 8.28. The highest BCUT2D eigenvalue weighted by Crippen LogP contribution is 2.14. The Hall–Kier alpha value is -0.580. The van der Waals surface area contributed by atoms with Gasteiger partial charge in [0.15, 0.2) is 0 Å². The molecule has 92 valence electrons. The normalized spacial score (nSPS) is 17.6. The van der Waals surface area contributed by atoms with Crippen LogP contribution in [0.1, 0.15) is 17.5 Å². The molecule has 4 heteroatoms. The second-order valence-electron chi connectivity index (χ2n) is 4.31. The maximum absolute atomic E-state index is 5.66. The van der Waals surface area contributed by atoms with Crippen LogP contribution >= 0.6 is 24.0 Å². The topological polar surface area (TPSA) is 29.3 Å². The standard InChI is InChI=1S/C13H18N2S2/c14-13(16)12-4-1-3-11(9-12)10-15-5-2-7-17-8-6-15/h1,3-4,9H,2,5-8,10H2,(H2,14,16). The summed E-state index contributed by atoms with van der Waals surface area (Å²) < 4.78 is 0. The summed E-state index contributed by atoms with van der Waals surface area (Å²) in [4.78, 5) is 3.00. The summed E-state index contributed by atoms with van der Waals surface area (Å²) >= 11 is 7.06. The van der Waals surface area contributed by atoms with Crippen molar-refractivity contribution in [2.24, 2.45) is 5.73 Å². The number of hydrogen-bond donors (Lipinski definition) is 1. The second kappa shape index (κ2) is 6.38. The molecule has 1 saturated heterocycles. The molecule has 1 aromatic rings. The van der Waals surface area contributed by atoms with Gasteiger partial charge in [0.2, 0.25) is 0 Å². The lowest BCUT2D eigenvalue weighted by molar-refractivity contribution is 0.287. The van der Waals surface area contributed by atoms with Gasteiger partial charge in [0, 0.05) is 24.4 Å². The average molecular weight is 266 g/mol. The van der Waals surface area contributed by atoms with Crippen LogP contribution in [0.3, 0.4) is 0 Å². The Morgan fingerprint density at radius 1 is 1.35 bits per heavy atom. The molecule has 1 heterocycles. The molecule has 1 aromatic carbocycles. The zero-order valence-electron chi connectivity index (χ0n) is 9.89. The van der Waals surface area contributed by atoms with E-state index in [1.165, 1.54) is 36.6 Å². The van der Waals surface area contributed by atoms with Crippen molar-refractivity contribution >= 4 is 29.0 Å². The van der Waals surface area contributed by atoms with Crippen LogP contribution in [0.15, 0.2) is 24.3 Å². The molecule has 1 aliphatic rings. The summed E-state index contributed by atoms with van der Waals surface area (Å²) in [5, 5.41) is 0. The summed E-state index contributed by atoms with van der Waals surface area (Å²) in [5.74, 6) is 2.54. The molecule has 0 unspecified atom stereocenters. The van der Waals surface area contributed by atoms with E-state index in [1.54, 1.807) is 0 Å². The summed E-state index contributed by atoms with van der Waals surface area (Å²) in [7, 11) is 0. The van der Waals surface area contributed by atoms with Crippen LogP contribution in [-0.4, -0.2) is 34.5 Å². The van der Waals surface area contributed by atoms with Crippen LogP contribution in [0.5, 0.6) is 0 Å². The maximum Gasteiger partial charge on any atom is 0.103 e. The fourth-order valence-corrected chi connectivity index (χ4v) is 3.09. The first kappa shape index (κ1) is 12.9. The van der Waals surface area contributed by atoms with Crippen molar-refractivity contribution in [2.75, 3.05) is 24.6 Å². The molecule has 0 amide bonds. The van der Waals surface area contributed by atoms with Gasteiger partial charge < -0.3 is 5.73 Å². The van der Waals surface area contributed by atoms with Gasteiger partial charge >= 0.3 is 0 Å². The van der Waals surface area contributed by atoms with Crippen molar-refractivity contribution in [1.29, 1.82) is 0 Å². The third-order valence-electron chi connectivity index (χ3n) is 2.93. The van der Waals surface area contributed by atoms with Gasteiger partial charge in [0.25, 0.3) is 0 Å². The van der Waals surface area contributed by atoms with Crippen molar-refractivity contribution in [3.8, 4) is 0 Å². The van der Waals surface area contributed by atoms with Crippen LogP contribution in [0.2, 0.25) is 0 Å². The van der Waals surface area contributed by atoms with Crippen molar-refractivity contribution in [3.63, 3.8) is 0 Å². The fraction of sp³-hybridized carbons (Fsp3) is 0.462. The summed E-state index contributed by atoms with van der Waals surface area (Å²) in [6.07, 6.45) is 1.29. The van der Waals surface area contributed by atoms with Crippen LogP contribution in [0.4, 0.5) is 0 Å². The minimum Gasteiger partial charge on any atom is -0.389 e. The Kier molecular flexibility index (Phi) is 4.83. The van der Waals surface area contributed by atoms with Crippen LogP contribution < -0.4 is 5.73 Å². The maximum atomic E-state index is 5.66. The van der Waals surface area contributed by atoms with Crippen LogP contribution in [0.25, 0.3) is 0 Å². The lowest BCUT2D eigenvalue weighted by atomic mass is 10.1. The van der Waals surface area contributed by atoms with Crippen molar-refractivity contribution in [1.82, 2.24) is 4.90 Å². The Bertz CT molecular complexity index is 385. The summed E-state index contributed by atoms with van der Waals surface area (Å²) in [5.41, 5.74) is 7.94. The minimum atomic E-state index is 0.485. The van der Waals surface area contributed by atoms with E-state index >= 15 is 0 Å². The van der Waals surface area contributed by atoms with E-state index < -0.39 is 0 Å². The Labute approximate surface area is 113 Å². The first-order valence-electron chi connectivity index (χ1n) is 5.94. The molecule has 0 spiro atoms. The molecular formula is C13H18N2S2. The molecule has 0 radical (unpaired) electrons. The minimum absolute atomic E-state index is 0.485. The zero-order valence-corrected chi connectivity index (χ0v) is 11.5. The largest absolute Gasteiger partial charge is 0.389 e. The van der Waals surface area contributed by atoms with Gasteiger partial charge in [-0.1, -0.05) is 30.4 Å². The Balaban J connectivity index is 2.01. The molecule has 2 N–H and O–H groups in total. The monoisotopic (exact) mass is 266 g/mol. The van der Waals surface area contributed by atoms with Gasteiger partial charge in [0.1, 0.15) is 4.99 Å². The Morgan fingerprint density at radius 2 is 2.24 bits per heavy atom. The van der Waals surface area contributed by atoms with E-state index in [9.17, 15) is 0 Å². The molecule has 0 atom stereocenters. The first-order chi connectivity index (χ1) is 8.25. The van der Waals surface area contributed by atoms with E-state index in [0.717, 1.165) is 12.1 Å². The number of thioether (sulfide) groups is 1. The number of nitrogens with two attached hydrogens (primary N) is 1. The third-order valence-corrected chi connectivity index (χ3v) is 4.22. The van der Waals surface area contributed by atoms with E-state index in [2.05, 4.69) is 28.8 Å². The van der Waals surface area contributed by atoms with Gasteiger partial charge in [-0.25, -0.2) is 0 Å². The number of nitrogens with zero attached hydrogens (tertiary/aromatic N) is 1. The number of thiocarbonyl (C=S) groups is 1. The van der Waals surface area contributed by atoms with Crippen molar-refractivity contribution < 1.29 is 0 Å². The fourth-order valence-electron chi connectivity index (χ4n) is 2.04. The molecule has 0 saturated carbocycles. The molecule has 1 fully saturated rings. The lowest BCUT2D eigenvalue weighted by Crippen LogP contribution is -2.25. The molecule has 0 aliphatic carbocycles. The molecule has 0 aromatic heterocycles. The van der Waals surface area contributed by atoms with E-state index in [1.807, 2.05) is 12.1 Å². The summed E-state index contributed by atoms with van der Waals surface area (Å²) in [6.45, 7) is 3.39. The molecule has 2 rings (SSSR count). The van der Waals surface area contributed by atoms with Gasteiger partial charge in [-0.2, -0.15) is 11.8 Å². The number of rotatable bonds is 3. The first-order valence-corrected chi connectivity index (χ1v) is 7.51. The highest BCUT2D eigenvalue weighted by atomic mass is 32.2. The van der Waals surface area contributed by atoms with Crippen LogP contribution in [-0.2, 0) is 6.54 Å². The van der Waals surface area contributed by atoms with Crippen molar-refractivity contribution in [3.05, 3.63) is 35.4 Å². The van der Waals surface area contributed by atoms with Gasteiger partial charge in [-0.3, -0.25) is 4.90 Å². The van der Waals surface area contributed by atoms with Crippen molar-refractivity contribution in [2.45, 2.75) is 13.0 Å². The molecule has 17 heavy (non-hydrogen) atoms. The van der Waals surface area contributed by atoms with E-state index in [4.69, 9.17) is 18.0 Å². The highest BCUT2D eigenvalue weighted by molar-refractivity contribution is 7.99. The predicted octanol–water partition coefficient (Wildman–Crippen LogP) is 2.26. The van der Waals surface area contributed by atoms with Crippen LogP contribution in [0, 0.1) is 0 Å². The smallest absolute Gasteiger partial charge is 0.103 e.